The molecule has 0 aliphatic carbocycles. The molecule has 4 rings (SSSR count). The summed E-state index contributed by atoms with van der Waals surface area (Å²) >= 11 is 0. The molecule has 0 bridgehead atoms. The number of hydrogen-bond acceptors (Lipinski definition) is 4. The van der Waals surface area contributed by atoms with E-state index in [2.05, 4.69) is 63.2 Å². The molecule has 0 atom stereocenters. The van der Waals surface area contributed by atoms with Crippen molar-refractivity contribution in [2.75, 3.05) is 12.4 Å². The molecule has 160 valence electrons. The van der Waals surface area contributed by atoms with Gasteiger partial charge in [-0.2, -0.15) is 5.10 Å². The smallest absolute Gasteiger partial charge is 0.131 e. The van der Waals surface area contributed by atoms with Gasteiger partial charge in [-0.05, 0) is 60.4 Å². The van der Waals surface area contributed by atoms with Crippen LogP contribution in [0, 0.1) is 0 Å². The van der Waals surface area contributed by atoms with Crippen LogP contribution in [0.25, 0.3) is 10.9 Å². The number of rotatable bonds is 8. The fourth-order valence-corrected chi connectivity index (χ4v) is 3.91. The van der Waals surface area contributed by atoms with E-state index in [4.69, 9.17) is 4.74 Å². The number of hydrogen-bond donors (Lipinski definition) is 2. The second-order valence-corrected chi connectivity index (χ2v) is 7.72. The summed E-state index contributed by atoms with van der Waals surface area (Å²) in [5.74, 6) is 1.68. The summed E-state index contributed by atoms with van der Waals surface area (Å²) in [7, 11) is 1.71. The van der Waals surface area contributed by atoms with Crippen LogP contribution in [0.1, 0.15) is 37.3 Å². The number of allylic oxidation sites excluding steroid dienone is 1. The zero-order chi connectivity index (χ0) is 21.6. The number of fused-ring (bicyclic) bond motifs is 2. The normalized spacial score (nSPS) is 14.1. The SMILES string of the molecule is C=CN=C(/C=C(\CCCC)N1Cc2ccc(OC)cc2C1)Nc1ccc2[nH]ncc2c1. The number of aliphatic imine (C=N–C) groups is 1. The van der Waals surface area contributed by atoms with E-state index in [1.54, 1.807) is 13.3 Å². The van der Waals surface area contributed by atoms with E-state index < -0.39 is 0 Å². The minimum absolute atomic E-state index is 0.775. The minimum Gasteiger partial charge on any atom is -0.497 e. The Morgan fingerprint density at radius 1 is 1.26 bits per heavy atom. The second kappa shape index (κ2) is 9.51. The Kier molecular flexibility index (Phi) is 6.36. The number of methoxy groups -OCH3 is 1. The van der Waals surface area contributed by atoms with Gasteiger partial charge in [-0.25, -0.2) is 4.99 Å². The number of aromatic nitrogens is 2. The zero-order valence-electron chi connectivity index (χ0n) is 18.2. The van der Waals surface area contributed by atoms with Crippen molar-refractivity contribution in [2.45, 2.75) is 39.3 Å². The van der Waals surface area contributed by atoms with Gasteiger partial charge in [-0.1, -0.05) is 26.0 Å². The molecule has 0 spiro atoms. The van der Waals surface area contributed by atoms with Gasteiger partial charge in [-0.3, -0.25) is 5.10 Å². The van der Waals surface area contributed by atoms with Gasteiger partial charge >= 0.3 is 0 Å². The number of nitrogens with one attached hydrogen (secondary N) is 2. The van der Waals surface area contributed by atoms with Crippen LogP contribution in [0.4, 0.5) is 5.69 Å². The third-order valence-electron chi connectivity index (χ3n) is 5.57. The Hall–Kier alpha value is -3.54. The minimum atomic E-state index is 0.775. The molecule has 0 saturated heterocycles. The van der Waals surface area contributed by atoms with E-state index in [1.165, 1.54) is 16.8 Å². The highest BCUT2D eigenvalue weighted by Gasteiger charge is 2.21. The molecular formula is C25H29N5O. The third kappa shape index (κ3) is 4.79. The standard InChI is InChI=1S/C25H29N5O/c1-4-6-7-22(30-16-18-8-10-23(31-3)13-20(18)17-30)14-25(26-5-2)28-21-9-11-24-19(12-21)15-27-29-24/h5,8-15H,2,4,6-7,16-17H2,1,3H3,(H,26,28)(H,27,29)/b22-14+. The predicted molar refractivity (Wildman–Crippen MR) is 127 cm³/mol. The van der Waals surface area contributed by atoms with Crippen molar-refractivity contribution in [1.82, 2.24) is 15.1 Å². The van der Waals surface area contributed by atoms with Crippen LogP contribution in [-0.4, -0.2) is 28.0 Å². The molecular weight excluding hydrogens is 386 g/mol. The van der Waals surface area contributed by atoms with Gasteiger partial charge in [0.25, 0.3) is 0 Å². The average molecular weight is 416 g/mol. The zero-order valence-corrected chi connectivity index (χ0v) is 18.2. The fourth-order valence-electron chi connectivity index (χ4n) is 3.91. The molecule has 0 saturated carbocycles. The Labute approximate surface area is 183 Å². The fraction of sp³-hybridized carbons (Fsp3) is 0.280. The number of anilines is 1. The molecule has 6 heteroatoms. The Morgan fingerprint density at radius 2 is 2.13 bits per heavy atom. The second-order valence-electron chi connectivity index (χ2n) is 7.72. The molecule has 0 unspecified atom stereocenters. The number of amidine groups is 1. The van der Waals surface area contributed by atoms with Crippen molar-refractivity contribution >= 4 is 22.4 Å². The molecule has 2 heterocycles. The van der Waals surface area contributed by atoms with E-state index in [1.807, 2.05) is 24.4 Å². The first-order chi connectivity index (χ1) is 15.2. The van der Waals surface area contributed by atoms with Gasteiger partial charge in [0.05, 0.1) is 18.8 Å². The molecule has 1 aliphatic heterocycles. The van der Waals surface area contributed by atoms with E-state index in [0.29, 0.717) is 0 Å². The maximum absolute atomic E-state index is 5.41. The van der Waals surface area contributed by atoms with Crippen LogP contribution in [0.5, 0.6) is 5.75 Å². The van der Waals surface area contributed by atoms with Crippen molar-refractivity contribution in [3.05, 3.63) is 78.3 Å². The summed E-state index contributed by atoms with van der Waals surface area (Å²) in [6, 6.07) is 12.5. The molecule has 2 aromatic carbocycles. The highest BCUT2D eigenvalue weighted by atomic mass is 16.5. The molecule has 0 amide bonds. The van der Waals surface area contributed by atoms with Crippen LogP contribution in [0.15, 0.2) is 72.1 Å². The highest BCUT2D eigenvalue weighted by molar-refractivity contribution is 6.05. The summed E-state index contributed by atoms with van der Waals surface area (Å²) in [5, 5.41) is 11.6. The summed E-state index contributed by atoms with van der Waals surface area (Å²) in [6.07, 6.45) is 8.83. The summed E-state index contributed by atoms with van der Waals surface area (Å²) in [6.45, 7) is 7.80. The van der Waals surface area contributed by atoms with Gasteiger partial charge in [0.2, 0.25) is 0 Å². The molecule has 6 nitrogen and oxygen atoms in total. The van der Waals surface area contributed by atoms with Crippen LogP contribution in [0.3, 0.4) is 0 Å². The number of ether oxygens (including phenoxy) is 1. The lowest BCUT2D eigenvalue weighted by Gasteiger charge is -2.22. The lowest BCUT2D eigenvalue weighted by atomic mass is 10.1. The molecule has 0 radical (unpaired) electrons. The number of unbranched alkanes of at least 4 members (excludes halogenated alkanes) is 1. The first kappa shape index (κ1) is 20.7. The monoisotopic (exact) mass is 415 g/mol. The maximum Gasteiger partial charge on any atom is 0.131 e. The largest absolute Gasteiger partial charge is 0.497 e. The van der Waals surface area contributed by atoms with E-state index in [-0.39, 0.29) is 0 Å². The van der Waals surface area contributed by atoms with Crippen molar-refractivity contribution in [2.24, 2.45) is 4.99 Å². The van der Waals surface area contributed by atoms with Gasteiger partial charge in [0.1, 0.15) is 11.6 Å². The lowest BCUT2D eigenvalue weighted by molar-refractivity contribution is 0.346. The van der Waals surface area contributed by atoms with Crippen molar-refractivity contribution < 1.29 is 4.74 Å². The van der Waals surface area contributed by atoms with Crippen molar-refractivity contribution in [1.29, 1.82) is 0 Å². The van der Waals surface area contributed by atoms with E-state index in [0.717, 1.165) is 60.5 Å². The number of H-pyrrole nitrogens is 1. The Balaban J connectivity index is 1.59. The predicted octanol–water partition coefficient (Wildman–Crippen LogP) is 5.62. The van der Waals surface area contributed by atoms with E-state index >= 15 is 0 Å². The van der Waals surface area contributed by atoms with Crippen LogP contribution >= 0.6 is 0 Å². The first-order valence-corrected chi connectivity index (χ1v) is 10.7. The number of aromatic amines is 1. The van der Waals surface area contributed by atoms with Gasteiger partial charge in [-0.15, -0.1) is 0 Å². The molecule has 1 aliphatic rings. The Morgan fingerprint density at radius 3 is 2.94 bits per heavy atom. The molecule has 31 heavy (non-hydrogen) atoms. The summed E-state index contributed by atoms with van der Waals surface area (Å²) < 4.78 is 5.41. The molecule has 2 N–H and O–H groups in total. The highest BCUT2D eigenvalue weighted by Crippen LogP contribution is 2.31. The first-order valence-electron chi connectivity index (χ1n) is 10.7. The molecule has 0 fully saturated rings. The van der Waals surface area contributed by atoms with Crippen molar-refractivity contribution in [3.8, 4) is 5.75 Å². The van der Waals surface area contributed by atoms with Crippen LogP contribution < -0.4 is 10.1 Å². The van der Waals surface area contributed by atoms with Crippen molar-refractivity contribution in [3.63, 3.8) is 0 Å². The Bertz CT molecular complexity index is 1130. The third-order valence-corrected chi connectivity index (χ3v) is 5.57. The van der Waals surface area contributed by atoms with Gasteiger partial charge < -0.3 is 15.0 Å². The van der Waals surface area contributed by atoms with Gasteiger partial charge in [0, 0.05) is 36.1 Å². The summed E-state index contributed by atoms with van der Waals surface area (Å²) in [4.78, 5) is 6.94. The lowest BCUT2D eigenvalue weighted by Crippen LogP contribution is -2.19. The van der Waals surface area contributed by atoms with Crippen LogP contribution in [-0.2, 0) is 13.1 Å². The average Bonchev–Trinajstić information content (AvgIpc) is 3.42. The summed E-state index contributed by atoms with van der Waals surface area (Å²) in [5.41, 5.74) is 5.92. The molecule has 3 aromatic rings. The molecule has 1 aromatic heterocycles. The quantitative estimate of drug-likeness (QED) is 0.370. The number of benzene rings is 2. The topological polar surface area (TPSA) is 65.5 Å². The van der Waals surface area contributed by atoms with E-state index in [9.17, 15) is 0 Å². The van der Waals surface area contributed by atoms with Gasteiger partial charge in [0.15, 0.2) is 0 Å². The van der Waals surface area contributed by atoms with Crippen LogP contribution in [0.2, 0.25) is 0 Å². The maximum atomic E-state index is 5.41. The number of nitrogens with zero attached hydrogens (tertiary/aromatic N) is 3.